The molecule has 0 aromatic rings. The average Bonchev–Trinajstić information content (AvgIpc) is 2.22. The smallest absolute Gasteiger partial charge is 0.354 e. The molecule has 5 nitrogen and oxygen atoms in total. The van der Waals surface area contributed by atoms with Crippen molar-refractivity contribution in [3.8, 4) is 0 Å². The van der Waals surface area contributed by atoms with Crippen LogP contribution in [0.25, 0.3) is 0 Å². The van der Waals surface area contributed by atoms with Crippen LogP contribution in [-0.2, 0) is 19.6 Å². The molecule has 6 heteroatoms. The lowest BCUT2D eigenvalue weighted by Crippen LogP contribution is -2.30. The summed E-state index contributed by atoms with van der Waals surface area (Å²) in [6, 6.07) is 0. The molecule has 0 bridgehead atoms. The van der Waals surface area contributed by atoms with Crippen molar-refractivity contribution in [1.29, 1.82) is 0 Å². The maximum Gasteiger partial charge on any atom is 0.354 e. The van der Waals surface area contributed by atoms with Crippen molar-refractivity contribution >= 4 is 16.0 Å². The predicted molar refractivity (Wildman–Crippen MR) is 62.2 cm³/mol. The molecule has 0 heterocycles. The van der Waals surface area contributed by atoms with Crippen LogP contribution in [0.3, 0.4) is 0 Å². The average molecular weight is 249 g/mol. The van der Waals surface area contributed by atoms with E-state index in [4.69, 9.17) is 4.74 Å². The third-order valence-electron chi connectivity index (χ3n) is 1.73. The number of sulfonamides is 1. The first-order valence-corrected chi connectivity index (χ1v) is 6.94. The summed E-state index contributed by atoms with van der Waals surface area (Å²) in [4.78, 5) is 11.2. The molecule has 16 heavy (non-hydrogen) atoms. The van der Waals surface area contributed by atoms with E-state index in [1.165, 1.54) is 0 Å². The van der Waals surface area contributed by atoms with E-state index >= 15 is 0 Å². The van der Waals surface area contributed by atoms with E-state index in [9.17, 15) is 13.2 Å². The summed E-state index contributed by atoms with van der Waals surface area (Å²) in [6.07, 6.45) is 2.00. The Hall–Kier alpha value is -1.04. The van der Waals surface area contributed by atoms with Crippen molar-refractivity contribution in [2.75, 3.05) is 12.4 Å². The van der Waals surface area contributed by atoms with Crippen molar-refractivity contribution in [1.82, 2.24) is 4.72 Å². The van der Waals surface area contributed by atoms with Gasteiger partial charge in [0.05, 0.1) is 12.4 Å². The number of hydrogen-bond donors (Lipinski definition) is 1. The molecule has 0 atom stereocenters. The number of carbonyl (C=O) groups is 1. The van der Waals surface area contributed by atoms with Gasteiger partial charge in [-0.25, -0.2) is 13.2 Å². The van der Waals surface area contributed by atoms with Gasteiger partial charge in [-0.3, -0.25) is 4.72 Å². The van der Waals surface area contributed by atoms with E-state index < -0.39 is 16.0 Å². The van der Waals surface area contributed by atoms with E-state index in [2.05, 4.69) is 11.3 Å². The quantitative estimate of drug-likeness (QED) is 0.518. The summed E-state index contributed by atoms with van der Waals surface area (Å²) in [6.45, 7) is 7.33. The highest BCUT2D eigenvalue weighted by Crippen LogP contribution is 1.99. The Balaban J connectivity index is 4.17. The minimum Gasteiger partial charge on any atom is -0.461 e. The monoisotopic (exact) mass is 249 g/mol. The van der Waals surface area contributed by atoms with E-state index in [-0.39, 0.29) is 18.1 Å². The first-order valence-electron chi connectivity index (χ1n) is 5.29. The molecule has 0 rings (SSSR count). The lowest BCUT2D eigenvalue weighted by Gasteiger charge is -2.09. The first kappa shape index (κ1) is 15.0. The van der Waals surface area contributed by atoms with Gasteiger partial charge >= 0.3 is 5.97 Å². The number of esters is 1. The van der Waals surface area contributed by atoms with Gasteiger partial charge in [-0.2, -0.15) is 0 Å². The van der Waals surface area contributed by atoms with Crippen molar-refractivity contribution in [3.05, 3.63) is 12.3 Å². The van der Waals surface area contributed by atoms with E-state index in [0.29, 0.717) is 12.8 Å². The molecule has 0 aromatic carbocycles. The molecule has 0 fully saturated rings. The number of rotatable bonds is 8. The van der Waals surface area contributed by atoms with Crippen molar-refractivity contribution in [2.24, 2.45) is 0 Å². The molecule has 94 valence electrons. The third kappa shape index (κ3) is 6.44. The van der Waals surface area contributed by atoms with Gasteiger partial charge in [-0.1, -0.05) is 26.8 Å². The summed E-state index contributed by atoms with van der Waals surface area (Å²) >= 11 is 0. The summed E-state index contributed by atoms with van der Waals surface area (Å²) in [5.41, 5.74) is -0.232. The third-order valence-corrected chi connectivity index (χ3v) is 3.11. The molecule has 0 unspecified atom stereocenters. The van der Waals surface area contributed by atoms with Gasteiger partial charge in [-0.15, -0.1) is 0 Å². The minimum atomic E-state index is -3.46. The van der Waals surface area contributed by atoms with Gasteiger partial charge in [0.2, 0.25) is 10.0 Å². The zero-order valence-corrected chi connectivity index (χ0v) is 10.6. The highest BCUT2D eigenvalue weighted by Gasteiger charge is 2.15. The molecule has 0 aliphatic carbocycles. The molecule has 0 saturated heterocycles. The second-order valence-electron chi connectivity index (χ2n) is 3.39. The fourth-order valence-electron chi connectivity index (χ4n) is 0.897. The Morgan fingerprint density at radius 1 is 1.31 bits per heavy atom. The van der Waals surface area contributed by atoms with Crippen LogP contribution in [0, 0.1) is 0 Å². The lowest BCUT2D eigenvalue weighted by molar-refractivity contribution is -0.139. The summed E-state index contributed by atoms with van der Waals surface area (Å²) in [5, 5.41) is 0. The normalized spacial score (nSPS) is 10.9. The van der Waals surface area contributed by atoms with Gasteiger partial charge in [0, 0.05) is 0 Å². The lowest BCUT2D eigenvalue weighted by atomic mass is 10.4. The van der Waals surface area contributed by atoms with E-state index in [1.807, 2.05) is 13.8 Å². The molecule has 0 saturated carbocycles. The maximum atomic E-state index is 11.4. The number of nitrogens with one attached hydrogen (secondary N) is 1. The molecule has 0 spiro atoms. The van der Waals surface area contributed by atoms with Crippen LogP contribution in [-0.4, -0.2) is 26.7 Å². The van der Waals surface area contributed by atoms with Crippen LogP contribution in [0.2, 0.25) is 0 Å². The van der Waals surface area contributed by atoms with E-state index in [1.54, 1.807) is 0 Å². The Morgan fingerprint density at radius 2 is 1.94 bits per heavy atom. The van der Waals surface area contributed by atoms with Crippen LogP contribution >= 0.6 is 0 Å². The Kier molecular flexibility index (Phi) is 6.80. The van der Waals surface area contributed by atoms with Gasteiger partial charge in [-0.05, 0) is 12.8 Å². The molecule has 0 amide bonds. The van der Waals surface area contributed by atoms with Crippen LogP contribution in [0.5, 0.6) is 0 Å². The molecule has 0 radical (unpaired) electrons. The zero-order chi connectivity index (χ0) is 12.6. The Labute approximate surface area is 96.9 Å². The topological polar surface area (TPSA) is 72.5 Å². The summed E-state index contributed by atoms with van der Waals surface area (Å²) in [5.74, 6) is -0.731. The highest BCUT2D eigenvalue weighted by atomic mass is 32.2. The largest absolute Gasteiger partial charge is 0.461 e. The SMILES string of the molecule is C=C(NS(=O)(=O)CCCC)C(=O)OCCC. The highest BCUT2D eigenvalue weighted by molar-refractivity contribution is 7.89. The summed E-state index contributed by atoms with van der Waals surface area (Å²) in [7, 11) is -3.46. The maximum absolute atomic E-state index is 11.4. The zero-order valence-electron chi connectivity index (χ0n) is 9.78. The fourth-order valence-corrected chi connectivity index (χ4v) is 2.13. The molecule has 0 aliphatic rings. The van der Waals surface area contributed by atoms with Crippen molar-refractivity contribution < 1.29 is 17.9 Å². The molecular weight excluding hydrogens is 230 g/mol. The van der Waals surface area contributed by atoms with Gasteiger partial charge in [0.1, 0.15) is 5.70 Å². The molecule has 1 N–H and O–H groups in total. The molecule has 0 aromatic heterocycles. The minimum absolute atomic E-state index is 0.0103. The fraction of sp³-hybridized carbons (Fsp3) is 0.700. The first-order chi connectivity index (χ1) is 7.43. The van der Waals surface area contributed by atoms with Crippen molar-refractivity contribution in [3.63, 3.8) is 0 Å². The van der Waals surface area contributed by atoms with E-state index in [0.717, 1.165) is 6.42 Å². The second kappa shape index (κ2) is 7.27. The van der Waals surface area contributed by atoms with Crippen LogP contribution in [0.15, 0.2) is 12.3 Å². The molecule has 0 aliphatic heterocycles. The molecular formula is C10H19NO4S. The van der Waals surface area contributed by atoms with Crippen LogP contribution in [0.1, 0.15) is 33.1 Å². The second-order valence-corrected chi connectivity index (χ2v) is 5.23. The summed E-state index contributed by atoms with van der Waals surface area (Å²) < 4.78 is 29.6. The number of hydrogen-bond acceptors (Lipinski definition) is 4. The van der Waals surface area contributed by atoms with Crippen molar-refractivity contribution in [2.45, 2.75) is 33.1 Å². The van der Waals surface area contributed by atoms with Crippen LogP contribution < -0.4 is 4.72 Å². The predicted octanol–water partition coefficient (Wildman–Crippen LogP) is 1.17. The standard InChI is InChI=1S/C10H19NO4S/c1-4-6-8-16(13,14)11-9(3)10(12)15-7-5-2/h11H,3-8H2,1-2H3. The number of ether oxygens (including phenoxy) is 1. The van der Waals surface area contributed by atoms with Gasteiger partial charge < -0.3 is 4.74 Å². The Morgan fingerprint density at radius 3 is 2.44 bits per heavy atom. The van der Waals surface area contributed by atoms with Gasteiger partial charge in [0.15, 0.2) is 0 Å². The Bertz CT molecular complexity index is 335. The van der Waals surface area contributed by atoms with Crippen LogP contribution in [0.4, 0.5) is 0 Å². The van der Waals surface area contributed by atoms with Gasteiger partial charge in [0.25, 0.3) is 0 Å². The number of carbonyl (C=O) groups excluding carboxylic acids is 1. The number of unbranched alkanes of at least 4 members (excludes halogenated alkanes) is 1.